The monoisotopic (exact) mass is 594 g/mol. The van der Waals surface area contributed by atoms with Crippen LogP contribution in [0.2, 0.25) is 5.02 Å². The second kappa shape index (κ2) is 10.8. The largest absolute Gasteiger partial charge is 0.490 e. The second-order valence-corrected chi connectivity index (χ2v) is 9.64. The van der Waals surface area contributed by atoms with E-state index < -0.39 is 17.8 Å². The second-order valence-electron chi connectivity index (χ2n) is 8.07. The molecular weight excluding hydrogens is 571 g/mol. The zero-order valence-corrected chi connectivity index (χ0v) is 21.5. The highest BCUT2D eigenvalue weighted by molar-refractivity contribution is 14.1. The number of imide groups is 2. The van der Waals surface area contributed by atoms with Gasteiger partial charge < -0.3 is 9.47 Å². The molecule has 0 spiro atoms. The Labute approximate surface area is 216 Å². The molecule has 1 N–H and O–H groups in total. The number of ether oxygens (including phenoxy) is 2. The fourth-order valence-corrected chi connectivity index (χ4v) is 5.14. The molecule has 1 saturated carbocycles. The number of halogens is 2. The van der Waals surface area contributed by atoms with Gasteiger partial charge in [-0.2, -0.15) is 0 Å². The van der Waals surface area contributed by atoms with Crippen molar-refractivity contribution in [2.75, 3.05) is 6.61 Å². The summed E-state index contributed by atoms with van der Waals surface area (Å²) in [5.74, 6) is -0.226. The first-order valence-corrected chi connectivity index (χ1v) is 12.6. The van der Waals surface area contributed by atoms with Crippen molar-refractivity contribution in [3.8, 4) is 11.5 Å². The Balaban J connectivity index is 1.63. The summed E-state index contributed by atoms with van der Waals surface area (Å²) in [6.07, 6.45) is 4.92. The average molecular weight is 595 g/mol. The molecule has 34 heavy (non-hydrogen) atoms. The number of nitrogens with zero attached hydrogens (tertiary/aromatic N) is 1. The van der Waals surface area contributed by atoms with Crippen molar-refractivity contribution in [2.45, 2.75) is 45.3 Å². The molecule has 0 bridgehead atoms. The third-order valence-electron chi connectivity index (χ3n) is 5.80. The molecule has 2 aromatic carbocycles. The fraction of sp³-hybridized carbons (Fsp3) is 0.320. The maximum atomic E-state index is 13.1. The van der Waals surface area contributed by atoms with E-state index in [0.717, 1.165) is 34.8 Å². The number of nitrogens with one attached hydrogen (secondary N) is 1. The molecule has 9 heteroatoms. The van der Waals surface area contributed by atoms with E-state index in [9.17, 15) is 14.4 Å². The predicted molar refractivity (Wildman–Crippen MR) is 137 cm³/mol. The first kappa shape index (κ1) is 24.5. The first-order chi connectivity index (χ1) is 16.4. The molecule has 0 unspecified atom stereocenters. The van der Waals surface area contributed by atoms with Crippen molar-refractivity contribution in [3.05, 3.63) is 61.7 Å². The number of hydrogen-bond acceptors (Lipinski definition) is 5. The van der Waals surface area contributed by atoms with Gasteiger partial charge in [0.25, 0.3) is 11.8 Å². The summed E-state index contributed by atoms with van der Waals surface area (Å²) in [5, 5.41) is 2.92. The summed E-state index contributed by atoms with van der Waals surface area (Å²) in [6, 6.07) is 10.1. The molecule has 4 amide bonds. The molecule has 0 aromatic heterocycles. The number of carbonyl (C=O) groups is 3. The van der Waals surface area contributed by atoms with Gasteiger partial charge in [-0.15, -0.1) is 0 Å². The molecule has 2 fully saturated rings. The quantitative estimate of drug-likeness (QED) is 0.266. The van der Waals surface area contributed by atoms with Crippen molar-refractivity contribution in [3.63, 3.8) is 0 Å². The maximum Gasteiger partial charge on any atom is 0.331 e. The Morgan fingerprint density at radius 2 is 1.88 bits per heavy atom. The van der Waals surface area contributed by atoms with Crippen LogP contribution in [0.25, 0.3) is 6.08 Å². The molecule has 1 heterocycles. The molecule has 0 radical (unpaired) electrons. The van der Waals surface area contributed by atoms with Crippen LogP contribution < -0.4 is 14.8 Å². The normalized spacial score (nSPS) is 17.9. The lowest BCUT2D eigenvalue weighted by molar-refractivity contribution is -0.131. The third-order valence-corrected chi connectivity index (χ3v) is 6.97. The summed E-state index contributed by atoms with van der Waals surface area (Å²) in [7, 11) is 0. The zero-order chi connectivity index (χ0) is 24.2. The summed E-state index contributed by atoms with van der Waals surface area (Å²) in [4.78, 5) is 39.2. The molecule has 178 valence electrons. The molecule has 1 aliphatic carbocycles. The van der Waals surface area contributed by atoms with E-state index in [1.165, 1.54) is 11.0 Å². The van der Waals surface area contributed by atoms with Gasteiger partial charge in [0.05, 0.1) is 10.2 Å². The Hall–Kier alpha value is -2.59. The third kappa shape index (κ3) is 5.22. The van der Waals surface area contributed by atoms with Crippen molar-refractivity contribution in [2.24, 2.45) is 0 Å². The standard InChI is InChI=1S/C25H24ClIN2O5/c1-2-33-21-13-15(12-20(27)22(21)34-14-16-7-3-6-10-19(16)26)11-18-23(30)28-25(32)29(24(18)31)17-8-4-5-9-17/h3,6-7,10-13,17H,2,4-5,8-9,14H2,1H3,(H,28,30,32)/b18-11+. The smallest absolute Gasteiger partial charge is 0.331 e. The van der Waals surface area contributed by atoms with Gasteiger partial charge in [0.15, 0.2) is 11.5 Å². The molecule has 7 nitrogen and oxygen atoms in total. The number of carbonyl (C=O) groups excluding carboxylic acids is 3. The summed E-state index contributed by atoms with van der Waals surface area (Å²) >= 11 is 8.37. The van der Waals surface area contributed by atoms with Crippen LogP contribution in [0.1, 0.15) is 43.7 Å². The van der Waals surface area contributed by atoms with Gasteiger partial charge in [-0.1, -0.05) is 42.6 Å². The van der Waals surface area contributed by atoms with Gasteiger partial charge in [-0.25, -0.2) is 4.79 Å². The molecule has 4 rings (SSSR count). The van der Waals surface area contributed by atoms with Crippen molar-refractivity contribution in [1.29, 1.82) is 0 Å². The Bertz CT molecular complexity index is 1160. The summed E-state index contributed by atoms with van der Waals surface area (Å²) in [5.41, 5.74) is 1.36. The van der Waals surface area contributed by atoms with Gasteiger partial charge in [0, 0.05) is 16.6 Å². The van der Waals surface area contributed by atoms with Crippen molar-refractivity contribution in [1.82, 2.24) is 10.2 Å². The van der Waals surface area contributed by atoms with Crippen LogP contribution in [0.4, 0.5) is 4.79 Å². The van der Waals surface area contributed by atoms with E-state index in [2.05, 4.69) is 27.9 Å². The summed E-state index contributed by atoms with van der Waals surface area (Å²) < 4.78 is 12.6. The molecule has 1 saturated heterocycles. The van der Waals surface area contributed by atoms with E-state index in [0.29, 0.717) is 28.7 Å². The van der Waals surface area contributed by atoms with Crippen LogP contribution in [-0.4, -0.2) is 35.4 Å². The lowest BCUT2D eigenvalue weighted by Gasteiger charge is -2.31. The van der Waals surface area contributed by atoms with Gasteiger partial charge in [-0.3, -0.25) is 19.8 Å². The lowest BCUT2D eigenvalue weighted by Crippen LogP contribution is -2.57. The van der Waals surface area contributed by atoms with Crippen molar-refractivity contribution >= 4 is 58.1 Å². The SMILES string of the molecule is CCOc1cc(/C=C2\C(=O)NC(=O)N(C3CCCC3)C2=O)cc(I)c1OCc1ccccc1Cl. The minimum Gasteiger partial charge on any atom is -0.490 e. The highest BCUT2D eigenvalue weighted by Crippen LogP contribution is 2.36. The fourth-order valence-electron chi connectivity index (χ4n) is 4.17. The minimum absolute atomic E-state index is 0.0746. The molecule has 2 aliphatic rings. The van der Waals surface area contributed by atoms with E-state index in [-0.39, 0.29) is 18.2 Å². The highest BCUT2D eigenvalue weighted by Gasteiger charge is 2.40. The molecule has 0 atom stereocenters. The van der Waals surface area contributed by atoms with Crippen LogP contribution in [-0.2, 0) is 16.2 Å². The number of hydrogen-bond donors (Lipinski definition) is 1. The Morgan fingerprint density at radius 1 is 1.15 bits per heavy atom. The number of barbiturate groups is 1. The van der Waals surface area contributed by atoms with Gasteiger partial charge in [-0.05, 0) is 72.2 Å². The van der Waals surface area contributed by atoms with Crippen LogP contribution in [0.3, 0.4) is 0 Å². The zero-order valence-electron chi connectivity index (χ0n) is 18.6. The predicted octanol–water partition coefficient (Wildman–Crippen LogP) is 5.33. The molecule has 1 aliphatic heterocycles. The van der Waals surface area contributed by atoms with Gasteiger partial charge >= 0.3 is 6.03 Å². The summed E-state index contributed by atoms with van der Waals surface area (Å²) in [6.45, 7) is 2.52. The Kier molecular flexibility index (Phi) is 7.77. The highest BCUT2D eigenvalue weighted by atomic mass is 127. The molecular formula is C25H24ClIN2O5. The van der Waals surface area contributed by atoms with Gasteiger partial charge in [0.1, 0.15) is 12.2 Å². The molecule has 2 aromatic rings. The van der Waals surface area contributed by atoms with Crippen molar-refractivity contribution < 1.29 is 23.9 Å². The maximum absolute atomic E-state index is 13.1. The Morgan fingerprint density at radius 3 is 2.59 bits per heavy atom. The number of amides is 4. The number of rotatable bonds is 7. The van der Waals surface area contributed by atoms with Gasteiger partial charge in [0.2, 0.25) is 0 Å². The lowest BCUT2D eigenvalue weighted by atomic mass is 10.0. The van der Waals surface area contributed by atoms with E-state index in [1.807, 2.05) is 25.1 Å². The van der Waals surface area contributed by atoms with E-state index in [1.54, 1.807) is 18.2 Å². The minimum atomic E-state index is -0.698. The number of benzene rings is 2. The number of urea groups is 1. The van der Waals surface area contributed by atoms with Crippen LogP contribution in [0.15, 0.2) is 42.0 Å². The topological polar surface area (TPSA) is 84.9 Å². The van der Waals surface area contributed by atoms with E-state index in [4.69, 9.17) is 21.1 Å². The van der Waals surface area contributed by atoms with E-state index >= 15 is 0 Å². The van der Waals surface area contributed by atoms with Crippen LogP contribution in [0.5, 0.6) is 11.5 Å². The van der Waals surface area contributed by atoms with Crippen LogP contribution in [0, 0.1) is 3.57 Å². The van der Waals surface area contributed by atoms with Crippen LogP contribution >= 0.6 is 34.2 Å². The first-order valence-electron chi connectivity index (χ1n) is 11.1. The average Bonchev–Trinajstić information content (AvgIpc) is 3.31.